The van der Waals surface area contributed by atoms with Crippen LogP contribution in [0, 0.1) is 6.92 Å². The number of benzene rings is 1. The fraction of sp³-hybridized carbons (Fsp3) is 0.438. The number of aromatic nitrogens is 1. The van der Waals surface area contributed by atoms with E-state index in [1.807, 2.05) is 18.3 Å². The van der Waals surface area contributed by atoms with Gasteiger partial charge in [-0.15, -0.1) is 0 Å². The minimum atomic E-state index is 0.0557. The van der Waals surface area contributed by atoms with Crippen LogP contribution in [0.2, 0.25) is 0 Å². The highest BCUT2D eigenvalue weighted by Gasteiger charge is 2.09. The molecule has 0 spiro atoms. The highest BCUT2D eigenvalue weighted by molar-refractivity contribution is 7.99. The van der Waals surface area contributed by atoms with Crippen LogP contribution in [0.3, 0.4) is 0 Å². The number of aliphatic hydroxyl groups is 1. The summed E-state index contributed by atoms with van der Waals surface area (Å²) in [4.78, 5) is 15.2. The van der Waals surface area contributed by atoms with Gasteiger partial charge >= 0.3 is 0 Å². The lowest BCUT2D eigenvalue weighted by molar-refractivity contribution is -0.120. The summed E-state index contributed by atoms with van der Waals surface area (Å²) in [6.45, 7) is 2.97. The van der Waals surface area contributed by atoms with E-state index >= 15 is 0 Å². The second-order valence-corrected chi connectivity index (χ2v) is 6.25. The third kappa shape index (κ3) is 4.51. The molecule has 0 fully saturated rings. The van der Waals surface area contributed by atoms with E-state index < -0.39 is 0 Å². The first kappa shape index (κ1) is 15.9. The first-order valence-electron chi connectivity index (χ1n) is 7.23. The number of H-pyrrole nitrogens is 1. The number of hydrogen-bond donors (Lipinski definition) is 3. The van der Waals surface area contributed by atoms with Gasteiger partial charge in [-0.2, -0.15) is 11.8 Å². The molecule has 21 heavy (non-hydrogen) atoms. The van der Waals surface area contributed by atoms with Crippen LogP contribution in [-0.4, -0.2) is 40.7 Å². The van der Waals surface area contributed by atoms with Crippen molar-refractivity contribution in [1.29, 1.82) is 0 Å². The van der Waals surface area contributed by atoms with E-state index in [1.165, 1.54) is 5.56 Å². The standard InChI is InChI=1S/C16H22N2O2S/c1-12-4-2-5-14-13(11-18-16(12)14)10-15(20)17-6-9-21-8-3-7-19/h2,4-5,11,18-19H,3,6-10H2,1H3,(H,17,20). The number of rotatable bonds is 8. The van der Waals surface area contributed by atoms with E-state index in [-0.39, 0.29) is 12.5 Å². The SMILES string of the molecule is Cc1cccc2c(CC(=O)NCCSCCCO)c[nH]c12. The van der Waals surface area contributed by atoms with Crippen LogP contribution in [0.1, 0.15) is 17.5 Å². The maximum atomic E-state index is 12.0. The summed E-state index contributed by atoms with van der Waals surface area (Å²) in [5.41, 5.74) is 3.35. The van der Waals surface area contributed by atoms with Gasteiger partial charge in [0.15, 0.2) is 0 Å². The summed E-state index contributed by atoms with van der Waals surface area (Å²) >= 11 is 1.75. The van der Waals surface area contributed by atoms with Crippen LogP contribution in [-0.2, 0) is 11.2 Å². The smallest absolute Gasteiger partial charge is 0.224 e. The summed E-state index contributed by atoms with van der Waals surface area (Å²) in [6.07, 6.45) is 3.14. The number of aromatic amines is 1. The largest absolute Gasteiger partial charge is 0.396 e. The van der Waals surface area contributed by atoms with Crippen molar-refractivity contribution in [1.82, 2.24) is 10.3 Å². The molecule has 1 amide bonds. The quantitative estimate of drug-likeness (QED) is 0.655. The third-order valence-corrected chi connectivity index (χ3v) is 4.45. The number of carbonyl (C=O) groups is 1. The fourth-order valence-corrected chi connectivity index (χ4v) is 3.06. The average molecular weight is 306 g/mol. The monoisotopic (exact) mass is 306 g/mol. The van der Waals surface area contributed by atoms with E-state index in [4.69, 9.17) is 5.11 Å². The Kier molecular flexibility index (Phi) is 6.14. The molecule has 2 aromatic rings. The number of fused-ring (bicyclic) bond motifs is 1. The topological polar surface area (TPSA) is 65.1 Å². The normalized spacial score (nSPS) is 11.0. The van der Waals surface area contributed by atoms with Gasteiger partial charge in [-0.3, -0.25) is 4.79 Å². The van der Waals surface area contributed by atoms with Gasteiger partial charge < -0.3 is 15.4 Å². The van der Waals surface area contributed by atoms with Gasteiger partial charge in [0.1, 0.15) is 0 Å². The molecule has 0 saturated carbocycles. The molecule has 0 saturated heterocycles. The zero-order valence-corrected chi connectivity index (χ0v) is 13.1. The van der Waals surface area contributed by atoms with Crippen LogP contribution in [0.25, 0.3) is 10.9 Å². The Balaban J connectivity index is 1.81. The van der Waals surface area contributed by atoms with Crippen molar-refractivity contribution in [2.45, 2.75) is 19.8 Å². The lowest BCUT2D eigenvalue weighted by atomic mass is 10.1. The van der Waals surface area contributed by atoms with E-state index in [9.17, 15) is 4.79 Å². The highest BCUT2D eigenvalue weighted by atomic mass is 32.2. The Morgan fingerprint density at radius 1 is 1.38 bits per heavy atom. The number of thioether (sulfide) groups is 1. The zero-order chi connectivity index (χ0) is 15.1. The maximum absolute atomic E-state index is 12.0. The lowest BCUT2D eigenvalue weighted by Gasteiger charge is -2.05. The average Bonchev–Trinajstić information content (AvgIpc) is 2.87. The summed E-state index contributed by atoms with van der Waals surface area (Å²) < 4.78 is 0. The minimum absolute atomic E-state index is 0.0557. The minimum Gasteiger partial charge on any atom is -0.396 e. The Labute approximate surface area is 129 Å². The van der Waals surface area contributed by atoms with Gasteiger partial charge in [-0.1, -0.05) is 18.2 Å². The summed E-state index contributed by atoms with van der Waals surface area (Å²) in [5, 5.41) is 12.7. The van der Waals surface area contributed by atoms with E-state index in [0.717, 1.165) is 34.4 Å². The van der Waals surface area contributed by atoms with Crippen molar-refractivity contribution >= 4 is 28.6 Å². The van der Waals surface area contributed by atoms with Crippen molar-refractivity contribution in [3.8, 4) is 0 Å². The molecule has 1 aromatic carbocycles. The summed E-state index contributed by atoms with van der Waals surface area (Å²) in [6, 6.07) is 6.13. The predicted octanol–water partition coefficient (Wildman–Crippen LogP) is 2.25. The number of carbonyl (C=O) groups excluding carboxylic acids is 1. The molecule has 114 valence electrons. The van der Waals surface area contributed by atoms with Crippen LogP contribution >= 0.6 is 11.8 Å². The maximum Gasteiger partial charge on any atom is 0.224 e. The van der Waals surface area contributed by atoms with Gasteiger partial charge in [0.2, 0.25) is 5.91 Å². The second kappa shape index (κ2) is 8.10. The molecule has 3 N–H and O–H groups in total. The van der Waals surface area contributed by atoms with E-state index in [1.54, 1.807) is 11.8 Å². The molecule has 0 aliphatic heterocycles. The van der Waals surface area contributed by atoms with Gasteiger partial charge in [-0.25, -0.2) is 0 Å². The Hall–Kier alpha value is -1.46. The van der Waals surface area contributed by atoms with Gasteiger partial charge in [0.05, 0.1) is 6.42 Å². The molecular formula is C16H22N2O2S. The summed E-state index contributed by atoms with van der Waals surface area (Å²) in [7, 11) is 0. The van der Waals surface area contributed by atoms with Crippen molar-refractivity contribution in [3.63, 3.8) is 0 Å². The predicted molar refractivity (Wildman–Crippen MR) is 88.8 cm³/mol. The van der Waals surface area contributed by atoms with Crippen molar-refractivity contribution in [2.24, 2.45) is 0 Å². The number of nitrogens with one attached hydrogen (secondary N) is 2. The Morgan fingerprint density at radius 3 is 3.05 bits per heavy atom. The fourth-order valence-electron chi connectivity index (χ4n) is 2.28. The number of aryl methyl sites for hydroxylation is 1. The molecule has 0 unspecified atom stereocenters. The molecule has 2 rings (SSSR count). The highest BCUT2D eigenvalue weighted by Crippen LogP contribution is 2.21. The number of hydrogen-bond acceptors (Lipinski definition) is 3. The number of amides is 1. The van der Waals surface area contributed by atoms with Crippen molar-refractivity contribution in [2.75, 3.05) is 24.7 Å². The second-order valence-electron chi connectivity index (χ2n) is 5.03. The molecule has 0 bridgehead atoms. The van der Waals surface area contributed by atoms with Crippen LogP contribution in [0.4, 0.5) is 0 Å². The van der Waals surface area contributed by atoms with Gasteiger partial charge in [0.25, 0.3) is 0 Å². The summed E-state index contributed by atoms with van der Waals surface area (Å²) in [5.74, 6) is 1.88. The zero-order valence-electron chi connectivity index (χ0n) is 12.3. The van der Waals surface area contributed by atoms with E-state index in [0.29, 0.717) is 13.0 Å². The van der Waals surface area contributed by atoms with E-state index in [2.05, 4.69) is 23.3 Å². The Morgan fingerprint density at radius 2 is 2.24 bits per heavy atom. The van der Waals surface area contributed by atoms with Gasteiger partial charge in [-0.05, 0) is 30.2 Å². The molecule has 1 aromatic heterocycles. The van der Waals surface area contributed by atoms with Crippen LogP contribution in [0.15, 0.2) is 24.4 Å². The Bertz CT molecular complexity index is 595. The first-order chi connectivity index (χ1) is 10.2. The number of aliphatic hydroxyl groups excluding tert-OH is 1. The van der Waals surface area contributed by atoms with Crippen molar-refractivity contribution < 1.29 is 9.90 Å². The molecular weight excluding hydrogens is 284 g/mol. The first-order valence-corrected chi connectivity index (χ1v) is 8.38. The van der Waals surface area contributed by atoms with Crippen LogP contribution < -0.4 is 5.32 Å². The molecule has 0 atom stereocenters. The molecule has 1 heterocycles. The molecule has 0 aliphatic rings. The van der Waals surface area contributed by atoms with Crippen molar-refractivity contribution in [3.05, 3.63) is 35.5 Å². The molecule has 5 heteroatoms. The lowest BCUT2D eigenvalue weighted by Crippen LogP contribution is -2.27. The third-order valence-electron chi connectivity index (χ3n) is 3.38. The molecule has 0 aliphatic carbocycles. The molecule has 4 nitrogen and oxygen atoms in total. The van der Waals surface area contributed by atoms with Gasteiger partial charge in [0, 0.05) is 36.0 Å². The number of para-hydroxylation sites is 1. The molecule has 0 radical (unpaired) electrons. The van der Waals surface area contributed by atoms with Crippen LogP contribution in [0.5, 0.6) is 0 Å².